The van der Waals surface area contributed by atoms with E-state index in [9.17, 15) is 4.39 Å². The molecule has 2 aromatic carbocycles. The number of unbranched alkanes of at least 4 members (excludes halogenated alkanes) is 4. The second kappa shape index (κ2) is 9.03. The number of hydrogen-bond donors (Lipinski definition) is 0. The third kappa shape index (κ3) is 4.76. The summed E-state index contributed by atoms with van der Waals surface area (Å²) >= 11 is 5.89. The number of rotatable bonds is 7. The lowest BCUT2D eigenvalue weighted by molar-refractivity contribution is 0.302. The summed E-state index contributed by atoms with van der Waals surface area (Å²) in [5.74, 6) is 1.27. The van der Waals surface area contributed by atoms with Crippen molar-refractivity contribution in [1.29, 1.82) is 0 Å². The zero-order chi connectivity index (χ0) is 17.6. The average molecular weight is 361 g/mol. The molecule has 0 radical (unpaired) electrons. The molecule has 1 saturated carbocycles. The molecule has 2 heteroatoms. The average Bonchev–Trinajstić information content (AvgIpc) is 2.65. The Morgan fingerprint density at radius 2 is 1.72 bits per heavy atom. The van der Waals surface area contributed by atoms with Crippen molar-refractivity contribution in [3.05, 3.63) is 46.7 Å². The first kappa shape index (κ1) is 18.7. The van der Waals surface area contributed by atoms with Crippen LogP contribution in [0.2, 0.25) is 5.02 Å². The largest absolute Gasteiger partial charge is 0.205 e. The Kier molecular flexibility index (Phi) is 6.76. The molecule has 25 heavy (non-hydrogen) atoms. The van der Waals surface area contributed by atoms with E-state index in [2.05, 4.69) is 19.1 Å². The molecule has 0 bridgehead atoms. The number of benzene rings is 2. The summed E-state index contributed by atoms with van der Waals surface area (Å²) in [6.07, 6.45) is 13.6. The Morgan fingerprint density at radius 1 is 0.960 bits per heavy atom. The van der Waals surface area contributed by atoms with Gasteiger partial charge in [-0.05, 0) is 54.5 Å². The van der Waals surface area contributed by atoms with Crippen molar-refractivity contribution in [2.24, 2.45) is 5.92 Å². The number of fused-ring (bicyclic) bond motifs is 1. The van der Waals surface area contributed by atoms with E-state index in [0.29, 0.717) is 11.3 Å². The maximum Gasteiger partial charge on any atom is 0.149 e. The highest BCUT2D eigenvalue weighted by atomic mass is 35.5. The van der Waals surface area contributed by atoms with Crippen LogP contribution in [0.15, 0.2) is 30.3 Å². The van der Waals surface area contributed by atoms with Gasteiger partial charge in [0.25, 0.3) is 0 Å². The van der Waals surface area contributed by atoms with Crippen molar-refractivity contribution in [3.8, 4) is 0 Å². The van der Waals surface area contributed by atoms with Crippen LogP contribution in [0.5, 0.6) is 0 Å². The van der Waals surface area contributed by atoms with E-state index >= 15 is 0 Å². The molecule has 2 aromatic rings. The highest BCUT2D eigenvalue weighted by Crippen LogP contribution is 2.39. The van der Waals surface area contributed by atoms with Crippen LogP contribution in [0.3, 0.4) is 0 Å². The number of hydrogen-bond acceptors (Lipinski definition) is 0. The molecule has 0 heterocycles. The smallest absolute Gasteiger partial charge is 0.149 e. The molecule has 1 fully saturated rings. The van der Waals surface area contributed by atoms with Gasteiger partial charge in [0.05, 0.1) is 5.02 Å². The molecule has 0 amide bonds. The molecular weight excluding hydrogens is 331 g/mol. The molecule has 0 N–H and O–H groups in total. The van der Waals surface area contributed by atoms with Gasteiger partial charge in [-0.15, -0.1) is 0 Å². The predicted octanol–water partition coefficient (Wildman–Crippen LogP) is 8.27. The monoisotopic (exact) mass is 360 g/mol. The minimum atomic E-state index is -0.294. The first-order valence-electron chi connectivity index (χ1n) is 10.1. The van der Waals surface area contributed by atoms with Gasteiger partial charge in [-0.25, -0.2) is 4.39 Å². The Balaban J connectivity index is 1.54. The SMILES string of the molecule is CCCCCCCC1CCC(c2ccc3c(F)c(Cl)ccc3c2)CC1. The molecule has 3 rings (SSSR count). The molecule has 0 saturated heterocycles. The molecule has 0 unspecified atom stereocenters. The summed E-state index contributed by atoms with van der Waals surface area (Å²) in [5, 5.41) is 1.81. The van der Waals surface area contributed by atoms with E-state index in [1.165, 1.54) is 69.8 Å². The molecule has 0 nitrogen and oxygen atoms in total. The normalized spacial score (nSPS) is 20.9. The maximum absolute atomic E-state index is 14.1. The molecule has 0 atom stereocenters. The van der Waals surface area contributed by atoms with Crippen molar-refractivity contribution in [1.82, 2.24) is 0 Å². The van der Waals surface area contributed by atoms with Gasteiger partial charge in [-0.2, -0.15) is 0 Å². The van der Waals surface area contributed by atoms with Gasteiger partial charge in [0, 0.05) is 5.39 Å². The second-order valence-electron chi connectivity index (χ2n) is 7.76. The van der Waals surface area contributed by atoms with E-state index < -0.39 is 0 Å². The van der Waals surface area contributed by atoms with E-state index in [-0.39, 0.29) is 10.8 Å². The maximum atomic E-state index is 14.1. The van der Waals surface area contributed by atoms with Gasteiger partial charge in [-0.3, -0.25) is 0 Å². The quantitative estimate of drug-likeness (QED) is 0.436. The van der Waals surface area contributed by atoms with E-state index in [1.54, 1.807) is 6.07 Å². The fourth-order valence-electron chi connectivity index (χ4n) is 4.36. The van der Waals surface area contributed by atoms with Crippen LogP contribution in [0.4, 0.5) is 4.39 Å². The number of halogens is 2. The van der Waals surface area contributed by atoms with Crippen molar-refractivity contribution >= 4 is 22.4 Å². The minimum Gasteiger partial charge on any atom is -0.205 e. The molecular formula is C23H30ClF. The van der Waals surface area contributed by atoms with Crippen LogP contribution >= 0.6 is 11.6 Å². The lowest BCUT2D eigenvalue weighted by atomic mass is 9.76. The van der Waals surface area contributed by atoms with Crippen LogP contribution in [-0.4, -0.2) is 0 Å². The summed E-state index contributed by atoms with van der Waals surface area (Å²) in [7, 11) is 0. The minimum absolute atomic E-state index is 0.208. The molecule has 0 aliphatic heterocycles. The van der Waals surface area contributed by atoms with Gasteiger partial charge in [0.2, 0.25) is 0 Å². The van der Waals surface area contributed by atoms with E-state index in [4.69, 9.17) is 11.6 Å². The fraction of sp³-hybridized carbons (Fsp3) is 0.565. The van der Waals surface area contributed by atoms with Gasteiger partial charge in [-0.1, -0.05) is 81.3 Å². The van der Waals surface area contributed by atoms with Crippen molar-refractivity contribution in [2.45, 2.75) is 77.0 Å². The van der Waals surface area contributed by atoms with Crippen LogP contribution in [-0.2, 0) is 0 Å². The van der Waals surface area contributed by atoms with Crippen molar-refractivity contribution in [3.63, 3.8) is 0 Å². The topological polar surface area (TPSA) is 0 Å². The van der Waals surface area contributed by atoms with Gasteiger partial charge >= 0.3 is 0 Å². The standard InChI is InChI=1S/C23H30ClF/c1-2-3-4-5-6-7-17-8-10-18(11-9-17)19-12-14-21-20(16-19)13-15-22(24)23(21)25/h12-18H,2-11H2,1H3. The van der Waals surface area contributed by atoms with Crippen LogP contribution < -0.4 is 0 Å². The zero-order valence-electron chi connectivity index (χ0n) is 15.4. The second-order valence-corrected chi connectivity index (χ2v) is 8.17. The third-order valence-electron chi connectivity index (χ3n) is 5.97. The van der Waals surface area contributed by atoms with E-state index in [0.717, 1.165) is 11.3 Å². The highest BCUT2D eigenvalue weighted by molar-refractivity contribution is 6.31. The summed E-state index contributed by atoms with van der Waals surface area (Å²) < 4.78 is 14.1. The highest BCUT2D eigenvalue weighted by Gasteiger charge is 2.22. The Morgan fingerprint density at radius 3 is 2.48 bits per heavy atom. The van der Waals surface area contributed by atoms with Crippen molar-refractivity contribution < 1.29 is 4.39 Å². The van der Waals surface area contributed by atoms with Crippen LogP contribution in [0.25, 0.3) is 10.8 Å². The van der Waals surface area contributed by atoms with Crippen molar-refractivity contribution in [2.75, 3.05) is 0 Å². The summed E-state index contributed by atoms with van der Waals surface area (Å²) in [5.41, 5.74) is 1.37. The molecule has 0 aromatic heterocycles. The summed E-state index contributed by atoms with van der Waals surface area (Å²) in [4.78, 5) is 0. The summed E-state index contributed by atoms with van der Waals surface area (Å²) in [6, 6.07) is 9.79. The molecule has 1 aliphatic rings. The van der Waals surface area contributed by atoms with Gasteiger partial charge in [0.1, 0.15) is 5.82 Å². The lowest BCUT2D eigenvalue weighted by Gasteiger charge is -2.29. The molecule has 1 aliphatic carbocycles. The van der Waals surface area contributed by atoms with E-state index in [1.807, 2.05) is 12.1 Å². The van der Waals surface area contributed by atoms with Crippen LogP contribution in [0, 0.1) is 11.7 Å². The van der Waals surface area contributed by atoms with Gasteiger partial charge < -0.3 is 0 Å². The Labute approximate surface area is 156 Å². The first-order chi connectivity index (χ1) is 12.2. The predicted molar refractivity (Wildman–Crippen MR) is 107 cm³/mol. The molecule has 136 valence electrons. The lowest BCUT2D eigenvalue weighted by Crippen LogP contribution is -2.13. The zero-order valence-corrected chi connectivity index (χ0v) is 16.1. The van der Waals surface area contributed by atoms with Crippen LogP contribution in [0.1, 0.15) is 82.6 Å². The fourth-order valence-corrected chi connectivity index (χ4v) is 4.52. The first-order valence-corrected chi connectivity index (χ1v) is 10.4. The van der Waals surface area contributed by atoms with Gasteiger partial charge in [0.15, 0.2) is 0 Å². The molecule has 0 spiro atoms. The third-order valence-corrected chi connectivity index (χ3v) is 6.26. The summed E-state index contributed by atoms with van der Waals surface area (Å²) in [6.45, 7) is 2.27. The Hall–Kier alpha value is -1.08. The Bertz CT molecular complexity index is 686.